The largest absolute Gasteiger partial charge is 0.466 e. The molecule has 6 nitrogen and oxygen atoms in total. The predicted octanol–water partition coefficient (Wildman–Crippen LogP) is 1.92. The number of aryl methyl sites for hydroxylation is 1. The number of nitrogens with zero attached hydrogens (tertiary/aromatic N) is 3. The van der Waals surface area contributed by atoms with Crippen molar-refractivity contribution in [1.29, 1.82) is 0 Å². The van der Waals surface area contributed by atoms with E-state index in [9.17, 15) is 9.59 Å². The van der Waals surface area contributed by atoms with Gasteiger partial charge in [-0.1, -0.05) is 12.1 Å². The zero-order valence-electron chi connectivity index (χ0n) is 16.5. The van der Waals surface area contributed by atoms with Crippen LogP contribution >= 0.6 is 0 Å². The summed E-state index contributed by atoms with van der Waals surface area (Å²) in [5, 5.41) is 0. The van der Waals surface area contributed by atoms with Crippen LogP contribution in [0.15, 0.2) is 24.3 Å². The maximum Gasteiger partial charge on any atom is 0.309 e. The van der Waals surface area contributed by atoms with Crippen LogP contribution in [0.5, 0.6) is 0 Å². The minimum absolute atomic E-state index is 0.0492. The first-order chi connectivity index (χ1) is 13.1. The standard InChI is InChI=1S/C21H31N3O3/c1-3-27-21(26)18-7-9-24(10-8-18)20(25)16-22-11-13-23(14-12-22)19-6-4-5-17(2)15-19/h4-6,15,18H,3,7-14,16H2,1-2H3. The summed E-state index contributed by atoms with van der Waals surface area (Å²) in [5.41, 5.74) is 2.54. The van der Waals surface area contributed by atoms with Gasteiger partial charge in [0.2, 0.25) is 5.91 Å². The van der Waals surface area contributed by atoms with Gasteiger partial charge in [-0.05, 0) is 44.4 Å². The Balaban J connectivity index is 1.42. The van der Waals surface area contributed by atoms with Crippen LogP contribution in [0, 0.1) is 12.8 Å². The second-order valence-electron chi connectivity index (χ2n) is 7.51. The lowest BCUT2D eigenvalue weighted by Crippen LogP contribution is -2.51. The summed E-state index contributed by atoms with van der Waals surface area (Å²) >= 11 is 0. The van der Waals surface area contributed by atoms with Crippen LogP contribution in [0.1, 0.15) is 25.3 Å². The summed E-state index contributed by atoms with van der Waals surface area (Å²) in [5.74, 6) is 0.0186. The molecule has 0 N–H and O–H groups in total. The van der Waals surface area contributed by atoms with Crippen LogP contribution in [0.3, 0.4) is 0 Å². The van der Waals surface area contributed by atoms with E-state index in [0.29, 0.717) is 39.1 Å². The Hall–Kier alpha value is -2.08. The molecule has 148 valence electrons. The molecule has 2 heterocycles. The van der Waals surface area contributed by atoms with E-state index in [1.807, 2.05) is 11.8 Å². The van der Waals surface area contributed by atoms with Crippen LogP contribution in [0.2, 0.25) is 0 Å². The molecule has 0 aromatic heterocycles. The summed E-state index contributed by atoms with van der Waals surface area (Å²) in [6.45, 7) is 9.86. The number of esters is 1. The number of benzene rings is 1. The van der Waals surface area contributed by atoms with E-state index in [4.69, 9.17) is 4.74 Å². The van der Waals surface area contributed by atoms with Crippen molar-refractivity contribution in [1.82, 2.24) is 9.80 Å². The van der Waals surface area contributed by atoms with Crippen molar-refractivity contribution in [2.75, 3.05) is 57.3 Å². The van der Waals surface area contributed by atoms with Gasteiger partial charge in [-0.15, -0.1) is 0 Å². The van der Waals surface area contributed by atoms with Crippen molar-refractivity contribution < 1.29 is 14.3 Å². The van der Waals surface area contributed by atoms with E-state index >= 15 is 0 Å². The number of amides is 1. The molecule has 0 atom stereocenters. The highest BCUT2D eigenvalue weighted by Gasteiger charge is 2.29. The predicted molar refractivity (Wildman–Crippen MR) is 106 cm³/mol. The van der Waals surface area contributed by atoms with Gasteiger partial charge >= 0.3 is 5.97 Å². The lowest BCUT2D eigenvalue weighted by Gasteiger charge is -2.37. The number of rotatable bonds is 5. The molecule has 2 saturated heterocycles. The second-order valence-corrected chi connectivity index (χ2v) is 7.51. The zero-order chi connectivity index (χ0) is 19.2. The minimum atomic E-state index is -0.114. The SMILES string of the molecule is CCOC(=O)C1CCN(C(=O)CN2CCN(c3cccc(C)c3)CC2)CC1. The lowest BCUT2D eigenvalue weighted by atomic mass is 9.97. The molecule has 2 aliphatic heterocycles. The van der Waals surface area contributed by atoms with Gasteiger partial charge in [0.15, 0.2) is 0 Å². The molecule has 0 saturated carbocycles. The molecule has 1 amide bonds. The minimum Gasteiger partial charge on any atom is -0.466 e. The third-order valence-corrected chi connectivity index (χ3v) is 5.57. The van der Waals surface area contributed by atoms with Crippen molar-refractivity contribution in [3.63, 3.8) is 0 Å². The number of hydrogen-bond donors (Lipinski definition) is 0. The zero-order valence-corrected chi connectivity index (χ0v) is 16.5. The molecule has 0 spiro atoms. The molecule has 0 bridgehead atoms. The first-order valence-electron chi connectivity index (χ1n) is 10.0. The fraction of sp³-hybridized carbons (Fsp3) is 0.619. The number of carbonyl (C=O) groups excluding carboxylic acids is 2. The third kappa shape index (κ3) is 5.22. The summed E-state index contributed by atoms with van der Waals surface area (Å²) in [7, 11) is 0. The fourth-order valence-corrected chi connectivity index (χ4v) is 3.90. The average Bonchev–Trinajstić information content (AvgIpc) is 2.69. The molecular weight excluding hydrogens is 342 g/mol. The van der Waals surface area contributed by atoms with Gasteiger partial charge < -0.3 is 14.5 Å². The van der Waals surface area contributed by atoms with Crippen molar-refractivity contribution in [3.05, 3.63) is 29.8 Å². The maximum absolute atomic E-state index is 12.6. The van der Waals surface area contributed by atoms with Gasteiger partial charge in [-0.3, -0.25) is 14.5 Å². The van der Waals surface area contributed by atoms with E-state index in [2.05, 4.69) is 41.0 Å². The number of likely N-dealkylation sites (tertiary alicyclic amines) is 1. The van der Waals surface area contributed by atoms with Crippen molar-refractivity contribution >= 4 is 17.6 Å². The van der Waals surface area contributed by atoms with Gasteiger partial charge in [-0.2, -0.15) is 0 Å². The molecule has 2 fully saturated rings. The van der Waals surface area contributed by atoms with Crippen LogP contribution < -0.4 is 4.90 Å². The van der Waals surface area contributed by atoms with E-state index in [1.54, 1.807) is 0 Å². The van der Waals surface area contributed by atoms with Gasteiger partial charge in [0, 0.05) is 45.0 Å². The van der Waals surface area contributed by atoms with Crippen molar-refractivity contribution in [2.45, 2.75) is 26.7 Å². The molecule has 27 heavy (non-hydrogen) atoms. The van der Waals surface area contributed by atoms with Crippen LogP contribution in [0.4, 0.5) is 5.69 Å². The summed E-state index contributed by atoms with van der Waals surface area (Å²) in [6, 6.07) is 8.58. The van der Waals surface area contributed by atoms with E-state index in [-0.39, 0.29) is 17.8 Å². The molecule has 6 heteroatoms. The Labute approximate surface area is 162 Å². The van der Waals surface area contributed by atoms with E-state index in [0.717, 1.165) is 26.2 Å². The first-order valence-corrected chi connectivity index (χ1v) is 10.0. The Morgan fingerprint density at radius 3 is 2.41 bits per heavy atom. The molecular formula is C21H31N3O3. The van der Waals surface area contributed by atoms with Crippen molar-refractivity contribution in [3.8, 4) is 0 Å². The number of hydrogen-bond acceptors (Lipinski definition) is 5. The smallest absolute Gasteiger partial charge is 0.309 e. The number of anilines is 1. The molecule has 1 aromatic carbocycles. The van der Waals surface area contributed by atoms with Crippen LogP contribution in [-0.4, -0.2) is 74.1 Å². The number of carbonyl (C=O) groups is 2. The van der Waals surface area contributed by atoms with Crippen LogP contribution in [-0.2, 0) is 14.3 Å². The Morgan fingerprint density at radius 2 is 1.78 bits per heavy atom. The molecule has 2 aliphatic rings. The number of piperazine rings is 1. The monoisotopic (exact) mass is 373 g/mol. The summed E-state index contributed by atoms with van der Waals surface area (Å²) < 4.78 is 5.10. The second kappa shape index (κ2) is 9.22. The Bertz CT molecular complexity index is 648. The highest BCUT2D eigenvalue weighted by molar-refractivity contribution is 5.79. The highest BCUT2D eigenvalue weighted by atomic mass is 16.5. The molecule has 1 aromatic rings. The van der Waals surface area contributed by atoms with Crippen LogP contribution in [0.25, 0.3) is 0 Å². The molecule has 0 aliphatic carbocycles. The van der Waals surface area contributed by atoms with Gasteiger partial charge in [-0.25, -0.2) is 0 Å². The fourth-order valence-electron chi connectivity index (χ4n) is 3.90. The number of ether oxygens (including phenoxy) is 1. The summed E-state index contributed by atoms with van der Waals surface area (Å²) in [6.07, 6.45) is 1.43. The average molecular weight is 373 g/mol. The topological polar surface area (TPSA) is 53.1 Å². The number of piperidine rings is 1. The van der Waals surface area contributed by atoms with Gasteiger partial charge in [0.1, 0.15) is 0 Å². The maximum atomic E-state index is 12.6. The quantitative estimate of drug-likeness (QED) is 0.738. The van der Waals surface area contributed by atoms with E-state index < -0.39 is 0 Å². The molecule has 3 rings (SSSR count). The van der Waals surface area contributed by atoms with Gasteiger partial charge in [0.25, 0.3) is 0 Å². The third-order valence-electron chi connectivity index (χ3n) is 5.57. The Morgan fingerprint density at radius 1 is 1.07 bits per heavy atom. The Kier molecular flexibility index (Phi) is 6.72. The highest BCUT2D eigenvalue weighted by Crippen LogP contribution is 2.20. The van der Waals surface area contributed by atoms with Crippen molar-refractivity contribution in [2.24, 2.45) is 5.92 Å². The normalized spacial score (nSPS) is 19.2. The van der Waals surface area contributed by atoms with Gasteiger partial charge in [0.05, 0.1) is 19.1 Å². The molecule has 0 unspecified atom stereocenters. The molecule has 0 radical (unpaired) electrons. The first kappa shape index (κ1) is 19.7. The summed E-state index contributed by atoms with van der Waals surface area (Å²) in [4.78, 5) is 31.0. The van der Waals surface area contributed by atoms with E-state index in [1.165, 1.54) is 11.3 Å². The lowest BCUT2D eigenvalue weighted by molar-refractivity contribution is -0.151.